The lowest BCUT2D eigenvalue weighted by molar-refractivity contribution is -0.922. The Labute approximate surface area is 177 Å². The number of aliphatic hydroxyl groups excluding tert-OH is 1. The molecule has 6 heteroatoms. The van der Waals surface area contributed by atoms with Crippen LogP contribution in [0.1, 0.15) is 41.1 Å². The Bertz CT molecular complexity index is 953. The van der Waals surface area contributed by atoms with Crippen molar-refractivity contribution in [2.45, 2.75) is 38.3 Å². The molecule has 1 atom stereocenters. The van der Waals surface area contributed by atoms with Crippen LogP contribution < -0.4 is 14.2 Å². The van der Waals surface area contributed by atoms with Crippen LogP contribution in [0.5, 0.6) is 17.2 Å². The van der Waals surface area contributed by atoms with Crippen LogP contribution in [0, 0.1) is 0 Å². The van der Waals surface area contributed by atoms with Gasteiger partial charge in [-0.05, 0) is 29.7 Å². The number of quaternary nitrogens is 1. The second kappa shape index (κ2) is 8.28. The van der Waals surface area contributed by atoms with Crippen molar-refractivity contribution in [2.24, 2.45) is 0 Å². The summed E-state index contributed by atoms with van der Waals surface area (Å²) in [7, 11) is 5.97. The van der Waals surface area contributed by atoms with Crippen molar-refractivity contribution in [1.82, 2.24) is 0 Å². The molecular weight excluding hydrogens is 382 g/mol. The Morgan fingerprint density at radius 1 is 1.27 bits per heavy atom. The van der Waals surface area contributed by atoms with Crippen molar-refractivity contribution in [2.75, 3.05) is 34.5 Å². The van der Waals surface area contributed by atoms with Crippen molar-refractivity contribution < 1.29 is 28.6 Å². The average molecular weight is 413 g/mol. The topological polar surface area (TPSA) is 65.0 Å². The predicted molar refractivity (Wildman–Crippen MR) is 113 cm³/mol. The molecule has 0 saturated carbocycles. The standard InChI is InChI=1S/C24H30NO5/c1-25(2)11-10-17-12-22-24(30-15-29-22)19(14-26)23(17)20(25)13-18(27)9-8-16-6-4-5-7-21(16)28-3/h4-7,12,20,26H,8-11,13-15H2,1-3H3/q+1. The molecular formula is C24H30NO5+. The number of fused-ring (bicyclic) bond motifs is 2. The van der Waals surface area contributed by atoms with Gasteiger partial charge in [-0.1, -0.05) is 18.2 Å². The Morgan fingerprint density at radius 3 is 2.83 bits per heavy atom. The molecule has 160 valence electrons. The molecule has 30 heavy (non-hydrogen) atoms. The third kappa shape index (κ3) is 3.77. The monoisotopic (exact) mass is 412 g/mol. The van der Waals surface area contributed by atoms with Gasteiger partial charge in [-0.2, -0.15) is 0 Å². The molecule has 2 aliphatic rings. The molecule has 0 bridgehead atoms. The number of Topliss-reactive ketones (excluding diaryl/α,β-unsaturated/α-hetero) is 1. The number of nitrogens with zero attached hydrogens (tertiary/aromatic N) is 1. The van der Waals surface area contributed by atoms with Gasteiger partial charge in [-0.3, -0.25) is 4.79 Å². The van der Waals surface area contributed by atoms with Gasteiger partial charge in [0, 0.05) is 24.0 Å². The maximum absolute atomic E-state index is 13.0. The van der Waals surface area contributed by atoms with E-state index in [1.165, 1.54) is 0 Å². The smallest absolute Gasteiger partial charge is 0.231 e. The van der Waals surface area contributed by atoms with E-state index in [2.05, 4.69) is 14.1 Å². The quantitative estimate of drug-likeness (QED) is 0.708. The Morgan fingerprint density at radius 2 is 2.07 bits per heavy atom. The van der Waals surface area contributed by atoms with Crippen molar-refractivity contribution in [3.63, 3.8) is 0 Å². The van der Waals surface area contributed by atoms with E-state index < -0.39 is 0 Å². The molecule has 1 unspecified atom stereocenters. The van der Waals surface area contributed by atoms with E-state index >= 15 is 0 Å². The van der Waals surface area contributed by atoms with Gasteiger partial charge in [-0.15, -0.1) is 0 Å². The van der Waals surface area contributed by atoms with E-state index in [0.717, 1.165) is 41.0 Å². The number of methoxy groups -OCH3 is 1. The number of ether oxygens (including phenoxy) is 3. The second-order valence-corrected chi connectivity index (χ2v) is 8.64. The molecule has 0 spiro atoms. The molecule has 1 N–H and O–H groups in total. The molecule has 0 fully saturated rings. The van der Waals surface area contributed by atoms with Crippen LogP contribution in [0.2, 0.25) is 0 Å². The average Bonchev–Trinajstić information content (AvgIpc) is 3.21. The third-order valence-electron chi connectivity index (χ3n) is 6.47. The first-order valence-electron chi connectivity index (χ1n) is 10.5. The number of hydrogen-bond donors (Lipinski definition) is 1. The summed E-state index contributed by atoms with van der Waals surface area (Å²) in [5, 5.41) is 10.1. The number of carbonyl (C=O) groups excluding carboxylic acids is 1. The number of ketones is 1. The zero-order chi connectivity index (χ0) is 21.3. The summed E-state index contributed by atoms with van der Waals surface area (Å²) in [6.45, 7) is 0.981. The summed E-state index contributed by atoms with van der Waals surface area (Å²) < 4.78 is 17.3. The zero-order valence-electron chi connectivity index (χ0n) is 17.9. The van der Waals surface area contributed by atoms with E-state index in [1.54, 1.807) is 7.11 Å². The maximum Gasteiger partial charge on any atom is 0.231 e. The fourth-order valence-electron chi connectivity index (χ4n) is 4.73. The van der Waals surface area contributed by atoms with Crippen molar-refractivity contribution >= 4 is 5.78 Å². The van der Waals surface area contributed by atoms with Crippen molar-refractivity contribution in [1.29, 1.82) is 0 Å². The first-order valence-corrected chi connectivity index (χ1v) is 10.5. The molecule has 0 aromatic heterocycles. The Balaban J connectivity index is 1.58. The van der Waals surface area contributed by atoms with Crippen molar-refractivity contribution in [3.8, 4) is 17.2 Å². The highest BCUT2D eigenvalue weighted by Gasteiger charge is 2.41. The summed E-state index contributed by atoms with van der Waals surface area (Å²) in [6.07, 6.45) is 2.44. The molecule has 6 nitrogen and oxygen atoms in total. The van der Waals surface area contributed by atoms with Crippen molar-refractivity contribution in [3.05, 3.63) is 52.6 Å². The number of carbonyl (C=O) groups is 1. The lowest BCUT2D eigenvalue weighted by Gasteiger charge is -2.43. The zero-order valence-corrected chi connectivity index (χ0v) is 17.9. The van der Waals surface area contributed by atoms with E-state index in [0.29, 0.717) is 35.2 Å². The van der Waals surface area contributed by atoms with E-state index in [-0.39, 0.29) is 25.2 Å². The normalized spacial score (nSPS) is 18.7. The van der Waals surface area contributed by atoms with Crippen LogP contribution in [-0.4, -0.2) is 49.9 Å². The van der Waals surface area contributed by atoms with Gasteiger partial charge in [0.15, 0.2) is 11.5 Å². The number of aliphatic hydroxyl groups is 1. The molecule has 2 aromatic rings. The fraction of sp³-hybridized carbons (Fsp3) is 0.458. The molecule has 2 heterocycles. The largest absolute Gasteiger partial charge is 0.496 e. The lowest BCUT2D eigenvalue weighted by Crippen LogP contribution is -2.49. The lowest BCUT2D eigenvalue weighted by atomic mass is 9.83. The molecule has 4 rings (SSSR count). The Hall–Kier alpha value is -2.57. The minimum atomic E-state index is -0.124. The number of para-hydroxylation sites is 1. The van der Waals surface area contributed by atoms with Crippen LogP contribution in [0.3, 0.4) is 0 Å². The Kier molecular flexibility index (Phi) is 5.71. The molecule has 0 amide bonds. The highest BCUT2D eigenvalue weighted by atomic mass is 16.7. The minimum absolute atomic E-state index is 0.0180. The highest BCUT2D eigenvalue weighted by Crippen LogP contribution is 2.47. The van der Waals surface area contributed by atoms with Gasteiger partial charge in [0.25, 0.3) is 0 Å². The number of rotatable bonds is 7. The summed E-state index contributed by atoms with van der Waals surface area (Å²) in [6, 6.07) is 9.84. The van der Waals surface area contributed by atoms with Crippen LogP contribution in [0.4, 0.5) is 0 Å². The maximum atomic E-state index is 13.0. The summed E-state index contributed by atoms with van der Waals surface area (Å²) in [5.41, 5.74) is 4.03. The van der Waals surface area contributed by atoms with Gasteiger partial charge in [0.1, 0.15) is 17.6 Å². The van der Waals surface area contributed by atoms with Crippen LogP contribution in [-0.2, 0) is 24.2 Å². The van der Waals surface area contributed by atoms with Crippen LogP contribution in [0.15, 0.2) is 30.3 Å². The summed E-state index contributed by atoms with van der Waals surface area (Å²) in [5.74, 6) is 2.36. The first-order chi connectivity index (χ1) is 14.4. The molecule has 2 aromatic carbocycles. The van der Waals surface area contributed by atoms with Gasteiger partial charge in [-0.25, -0.2) is 0 Å². The minimum Gasteiger partial charge on any atom is -0.496 e. The molecule has 0 aliphatic carbocycles. The second-order valence-electron chi connectivity index (χ2n) is 8.64. The SMILES string of the molecule is COc1ccccc1CCC(=O)CC1c2c(cc3c(c2CO)OCO3)CC[N+]1(C)C. The number of benzene rings is 2. The molecule has 0 radical (unpaired) electrons. The van der Waals surface area contributed by atoms with Gasteiger partial charge in [0.2, 0.25) is 6.79 Å². The van der Waals surface area contributed by atoms with E-state index in [4.69, 9.17) is 14.2 Å². The van der Waals surface area contributed by atoms with E-state index in [1.807, 2.05) is 30.3 Å². The summed E-state index contributed by atoms with van der Waals surface area (Å²) in [4.78, 5) is 13.0. The van der Waals surface area contributed by atoms with Crippen LogP contribution >= 0.6 is 0 Å². The van der Waals surface area contributed by atoms with Gasteiger partial charge >= 0.3 is 0 Å². The first kappa shape index (κ1) is 20.7. The van der Waals surface area contributed by atoms with E-state index in [9.17, 15) is 9.90 Å². The molecule has 0 saturated heterocycles. The summed E-state index contributed by atoms with van der Waals surface area (Å²) >= 11 is 0. The van der Waals surface area contributed by atoms with Gasteiger partial charge in [0.05, 0.1) is 40.8 Å². The fourth-order valence-corrected chi connectivity index (χ4v) is 4.73. The third-order valence-corrected chi connectivity index (χ3v) is 6.47. The van der Waals surface area contributed by atoms with Crippen LogP contribution in [0.25, 0.3) is 0 Å². The number of likely N-dealkylation sites (N-methyl/N-ethyl adjacent to an activating group) is 1. The van der Waals surface area contributed by atoms with Gasteiger partial charge < -0.3 is 23.8 Å². The number of aryl methyl sites for hydroxylation is 1. The molecule has 2 aliphatic heterocycles. The highest BCUT2D eigenvalue weighted by molar-refractivity contribution is 5.79. The predicted octanol–water partition coefficient (Wildman–Crippen LogP) is 3.18. The number of hydrogen-bond acceptors (Lipinski definition) is 5.